The van der Waals surface area contributed by atoms with Gasteiger partial charge in [-0.2, -0.15) is 0 Å². The summed E-state index contributed by atoms with van der Waals surface area (Å²) >= 11 is 0. The lowest BCUT2D eigenvalue weighted by Gasteiger charge is -2.19. The lowest BCUT2D eigenvalue weighted by molar-refractivity contribution is -0.133. The number of nitrogens with one attached hydrogen (secondary N) is 1. The Kier molecular flexibility index (Phi) is 5.02. The Morgan fingerprint density at radius 3 is 2.14 bits per heavy atom. The number of aliphatic carboxylic acids is 1. The molecule has 0 aliphatic heterocycles. The highest BCUT2D eigenvalue weighted by Crippen LogP contribution is 2.12. The number of carbonyl (C=O) groups excluding carboxylic acids is 1. The Bertz CT molecular complexity index is 571. The van der Waals surface area contributed by atoms with Crippen LogP contribution in [0.4, 0.5) is 13.6 Å². The SMILES string of the molecule is CC(C)(C)OC(=O)NC(=Cc1cc(F)cc(F)c1)C(=O)O. The van der Waals surface area contributed by atoms with E-state index in [2.05, 4.69) is 0 Å². The lowest BCUT2D eigenvalue weighted by atomic mass is 10.2. The predicted molar refractivity (Wildman–Crippen MR) is 71.3 cm³/mol. The van der Waals surface area contributed by atoms with Crippen molar-refractivity contribution >= 4 is 18.1 Å². The molecule has 21 heavy (non-hydrogen) atoms. The van der Waals surface area contributed by atoms with Crippen LogP contribution in [0.5, 0.6) is 0 Å². The monoisotopic (exact) mass is 299 g/mol. The molecule has 0 heterocycles. The van der Waals surface area contributed by atoms with Crippen LogP contribution < -0.4 is 5.32 Å². The predicted octanol–water partition coefficient (Wildman–Crippen LogP) is 2.92. The van der Waals surface area contributed by atoms with Crippen molar-refractivity contribution in [3.63, 3.8) is 0 Å². The number of carboxylic acid groups (broad SMARTS) is 1. The van der Waals surface area contributed by atoms with Gasteiger partial charge in [0.05, 0.1) is 0 Å². The number of carboxylic acids is 1. The van der Waals surface area contributed by atoms with Crippen molar-refractivity contribution in [3.8, 4) is 0 Å². The van der Waals surface area contributed by atoms with E-state index in [1.165, 1.54) is 0 Å². The zero-order valence-corrected chi connectivity index (χ0v) is 11.7. The molecule has 0 spiro atoms. The molecule has 0 fully saturated rings. The molecule has 7 heteroatoms. The minimum Gasteiger partial charge on any atom is -0.477 e. The van der Waals surface area contributed by atoms with E-state index in [1.807, 2.05) is 5.32 Å². The van der Waals surface area contributed by atoms with Crippen molar-refractivity contribution in [2.75, 3.05) is 0 Å². The molecule has 1 aromatic carbocycles. The Morgan fingerprint density at radius 1 is 1.19 bits per heavy atom. The fourth-order valence-corrected chi connectivity index (χ4v) is 1.39. The van der Waals surface area contributed by atoms with Gasteiger partial charge < -0.3 is 9.84 Å². The maximum absolute atomic E-state index is 13.0. The van der Waals surface area contributed by atoms with Gasteiger partial charge in [-0.15, -0.1) is 0 Å². The van der Waals surface area contributed by atoms with Gasteiger partial charge in [0.1, 0.15) is 22.9 Å². The van der Waals surface area contributed by atoms with Crippen LogP contribution in [-0.2, 0) is 9.53 Å². The zero-order valence-electron chi connectivity index (χ0n) is 11.7. The molecule has 0 aliphatic rings. The van der Waals surface area contributed by atoms with Crippen LogP contribution in [-0.4, -0.2) is 22.8 Å². The van der Waals surface area contributed by atoms with E-state index in [0.717, 1.165) is 18.2 Å². The van der Waals surface area contributed by atoms with Gasteiger partial charge in [-0.25, -0.2) is 18.4 Å². The average molecular weight is 299 g/mol. The van der Waals surface area contributed by atoms with Crippen LogP contribution in [0.25, 0.3) is 6.08 Å². The Balaban J connectivity index is 2.99. The highest BCUT2D eigenvalue weighted by atomic mass is 19.1. The van der Waals surface area contributed by atoms with Gasteiger partial charge in [-0.1, -0.05) is 0 Å². The first-order valence-electron chi connectivity index (χ1n) is 5.98. The lowest BCUT2D eigenvalue weighted by Crippen LogP contribution is -2.34. The third kappa shape index (κ3) is 6.03. The van der Waals surface area contributed by atoms with Crippen molar-refractivity contribution < 1.29 is 28.2 Å². The van der Waals surface area contributed by atoms with Crippen LogP contribution in [0, 0.1) is 11.6 Å². The molecule has 0 saturated carbocycles. The van der Waals surface area contributed by atoms with Crippen LogP contribution in [0.15, 0.2) is 23.9 Å². The molecule has 0 atom stereocenters. The van der Waals surface area contributed by atoms with Gasteiger partial charge in [-0.05, 0) is 44.5 Å². The largest absolute Gasteiger partial charge is 0.477 e. The second kappa shape index (κ2) is 6.34. The third-order valence-electron chi connectivity index (χ3n) is 2.06. The highest BCUT2D eigenvalue weighted by Gasteiger charge is 2.19. The molecular weight excluding hydrogens is 284 g/mol. The van der Waals surface area contributed by atoms with Gasteiger partial charge in [0.25, 0.3) is 0 Å². The molecule has 1 aromatic rings. The third-order valence-corrected chi connectivity index (χ3v) is 2.06. The van der Waals surface area contributed by atoms with Crippen LogP contribution >= 0.6 is 0 Å². The first-order chi connectivity index (χ1) is 9.56. The van der Waals surface area contributed by atoms with E-state index in [4.69, 9.17) is 9.84 Å². The minimum atomic E-state index is -1.47. The summed E-state index contributed by atoms with van der Waals surface area (Å²) in [6.45, 7) is 4.83. The van der Waals surface area contributed by atoms with Crippen molar-refractivity contribution in [2.24, 2.45) is 0 Å². The van der Waals surface area contributed by atoms with Gasteiger partial charge in [0.15, 0.2) is 0 Å². The second-order valence-corrected chi connectivity index (χ2v) is 5.19. The van der Waals surface area contributed by atoms with E-state index in [1.54, 1.807) is 20.8 Å². The van der Waals surface area contributed by atoms with Gasteiger partial charge in [-0.3, -0.25) is 5.32 Å². The number of ether oxygens (including phenoxy) is 1. The Morgan fingerprint density at radius 2 is 1.71 bits per heavy atom. The first-order valence-corrected chi connectivity index (χ1v) is 5.98. The molecule has 0 aliphatic carbocycles. The quantitative estimate of drug-likeness (QED) is 0.841. The Labute approximate surface area is 120 Å². The number of halogens is 2. The summed E-state index contributed by atoms with van der Waals surface area (Å²) in [5.74, 6) is -3.18. The fourth-order valence-electron chi connectivity index (χ4n) is 1.39. The van der Waals surface area contributed by atoms with Crippen LogP contribution in [0.1, 0.15) is 26.3 Å². The molecule has 0 bridgehead atoms. The number of alkyl carbamates (subject to hydrolysis) is 1. The van der Waals surface area contributed by atoms with E-state index < -0.39 is 35.0 Å². The smallest absolute Gasteiger partial charge is 0.412 e. The van der Waals surface area contributed by atoms with Crippen molar-refractivity contribution in [3.05, 3.63) is 41.1 Å². The molecule has 0 aromatic heterocycles. The second-order valence-electron chi connectivity index (χ2n) is 5.19. The summed E-state index contributed by atoms with van der Waals surface area (Å²) in [6.07, 6.45) is -0.0497. The normalized spacial score (nSPS) is 12.0. The van der Waals surface area contributed by atoms with E-state index in [9.17, 15) is 18.4 Å². The molecule has 114 valence electrons. The zero-order chi connectivity index (χ0) is 16.2. The number of benzene rings is 1. The highest BCUT2D eigenvalue weighted by molar-refractivity contribution is 5.95. The summed E-state index contributed by atoms with van der Waals surface area (Å²) < 4.78 is 31.0. The number of hydrogen-bond acceptors (Lipinski definition) is 3. The average Bonchev–Trinajstić information content (AvgIpc) is 2.23. The van der Waals surface area contributed by atoms with Crippen molar-refractivity contribution in [1.29, 1.82) is 0 Å². The summed E-state index contributed by atoms with van der Waals surface area (Å²) in [5, 5.41) is 11.0. The molecule has 1 amide bonds. The summed E-state index contributed by atoms with van der Waals surface area (Å²) in [5.41, 5.74) is -1.41. The van der Waals surface area contributed by atoms with Gasteiger partial charge >= 0.3 is 12.1 Å². The topological polar surface area (TPSA) is 75.6 Å². The summed E-state index contributed by atoms with van der Waals surface area (Å²) in [6, 6.07) is 2.52. The number of carbonyl (C=O) groups is 2. The van der Waals surface area contributed by atoms with E-state index >= 15 is 0 Å². The maximum Gasteiger partial charge on any atom is 0.412 e. The van der Waals surface area contributed by atoms with Crippen molar-refractivity contribution in [1.82, 2.24) is 5.32 Å². The number of amides is 1. The molecule has 0 unspecified atom stereocenters. The Hall–Kier alpha value is -2.44. The van der Waals surface area contributed by atoms with E-state index in [-0.39, 0.29) is 5.56 Å². The molecule has 1 rings (SSSR count). The van der Waals surface area contributed by atoms with Gasteiger partial charge in [0.2, 0.25) is 0 Å². The maximum atomic E-state index is 13.0. The molecule has 0 radical (unpaired) electrons. The van der Waals surface area contributed by atoms with Crippen molar-refractivity contribution in [2.45, 2.75) is 26.4 Å². The summed E-state index contributed by atoms with van der Waals surface area (Å²) in [4.78, 5) is 22.6. The standard InChI is InChI=1S/C14H15F2NO4/c1-14(2,3)21-13(20)17-11(12(18)19)6-8-4-9(15)7-10(16)5-8/h4-7H,1-3H3,(H,17,20)(H,18,19). The molecule has 0 saturated heterocycles. The minimum absolute atomic E-state index is 0.0408. The van der Waals surface area contributed by atoms with Gasteiger partial charge in [0, 0.05) is 6.07 Å². The number of hydrogen-bond donors (Lipinski definition) is 2. The van der Waals surface area contributed by atoms with Crippen LogP contribution in [0.3, 0.4) is 0 Å². The molecule has 2 N–H and O–H groups in total. The molecule has 5 nitrogen and oxygen atoms in total. The molecular formula is C14H15F2NO4. The van der Waals surface area contributed by atoms with Crippen LogP contribution in [0.2, 0.25) is 0 Å². The summed E-state index contributed by atoms with van der Waals surface area (Å²) in [7, 11) is 0. The number of rotatable bonds is 3. The first kappa shape index (κ1) is 16.6. The fraction of sp³-hybridized carbons (Fsp3) is 0.286. The van der Waals surface area contributed by atoms with E-state index in [0.29, 0.717) is 6.07 Å².